The SMILES string of the molecule is CC(C)Oc1ccccc1[C@H]1CN([C@@H]2CCOc3cc(N4CCOCC4)ncc32)CCN1C1CC2(CCN(c3ccc(C(=O)NS(=O)(=O)c4ccc(NC[C@H]5CC[C@](C)(O)CC5)c([N+](=O)[O-])c4)c(N4c5cc6cc[nH]c6nc5O[C@H]5COCC[C@@H]54)c3)CC2)C1. The van der Waals surface area contributed by atoms with Gasteiger partial charge in [0.15, 0.2) is 0 Å². The molecule has 14 rings (SSSR count). The van der Waals surface area contributed by atoms with E-state index in [4.69, 9.17) is 33.7 Å². The molecule has 0 radical (unpaired) electrons. The van der Waals surface area contributed by atoms with Crippen LogP contribution in [0, 0.1) is 21.4 Å². The molecule has 23 heteroatoms. The molecule has 2 aliphatic carbocycles. The number of carbonyl (C=O) groups excluding carboxylic acids is 1. The number of amides is 1. The van der Waals surface area contributed by atoms with E-state index in [9.17, 15) is 28.4 Å². The van der Waals surface area contributed by atoms with Gasteiger partial charge in [0.05, 0.1) is 71.3 Å². The van der Waals surface area contributed by atoms with Crippen LogP contribution in [-0.2, 0) is 19.5 Å². The second kappa shape index (κ2) is 24.2. The molecule has 1 spiro atoms. The summed E-state index contributed by atoms with van der Waals surface area (Å²) >= 11 is 0. The standard InChI is InChI=1S/C66H81N11O11S/c1-42(2)87-58-7-5-4-6-48(58)57-40-74(52-16-29-86-59-35-61(69-39-50(52)59)73-26-30-84-31-27-73)24-25-75(57)46-36-66(37-46)19-22-72(23-20-66)45-8-10-49(54(33-45)76-53-15-28-85-41-60(53)88-64-56(76)32-44-14-21-67-62(44)70-64)63(78)71-89(82,83)47-9-11-51(55(34-47)77(80)81)68-38-43-12-17-65(3,79)18-13-43/h4-11,14,21,32-35,39,42-43,46,52-53,57,60,68,79H,12-13,15-20,22-31,36-38,40-41H2,1-3H3,(H,67,70)(H,71,78)/t43-,52-,53+,57-,60+,65-/m1/s1. The first kappa shape index (κ1) is 59.3. The Morgan fingerprint density at radius 3 is 2.47 bits per heavy atom. The largest absolute Gasteiger partial charge is 0.493 e. The van der Waals surface area contributed by atoms with E-state index in [1.54, 1.807) is 6.07 Å². The first-order valence-corrected chi connectivity index (χ1v) is 33.5. The van der Waals surface area contributed by atoms with Crippen LogP contribution in [0.1, 0.15) is 119 Å². The summed E-state index contributed by atoms with van der Waals surface area (Å²) in [5.41, 5.74) is 4.30. The topological polar surface area (TPSA) is 243 Å². The van der Waals surface area contributed by atoms with Crippen LogP contribution in [0.25, 0.3) is 11.0 Å². The number of aromatic nitrogens is 3. The van der Waals surface area contributed by atoms with Crippen molar-refractivity contribution in [3.63, 3.8) is 0 Å². The number of nitro groups is 1. The number of sulfonamides is 1. The van der Waals surface area contributed by atoms with Crippen LogP contribution in [0.15, 0.2) is 96.2 Å². The number of nitrogens with zero attached hydrogens (tertiary/aromatic N) is 8. The van der Waals surface area contributed by atoms with Crippen molar-refractivity contribution in [1.29, 1.82) is 0 Å². The van der Waals surface area contributed by atoms with E-state index in [0.29, 0.717) is 81.2 Å². The monoisotopic (exact) mass is 1240 g/mol. The fourth-order valence-corrected chi connectivity index (χ4v) is 16.4. The Labute approximate surface area is 519 Å². The summed E-state index contributed by atoms with van der Waals surface area (Å²) in [6.07, 6.45) is 11.8. The number of ether oxygens (including phenoxy) is 5. The minimum atomic E-state index is -4.66. The number of rotatable bonds is 15. The smallest absolute Gasteiger partial charge is 0.293 e. The van der Waals surface area contributed by atoms with E-state index in [-0.39, 0.29) is 53.4 Å². The van der Waals surface area contributed by atoms with Gasteiger partial charge < -0.3 is 53.8 Å². The number of hydrogen-bond donors (Lipinski definition) is 4. The van der Waals surface area contributed by atoms with Crippen LogP contribution < -0.4 is 38.9 Å². The van der Waals surface area contributed by atoms with Crippen LogP contribution >= 0.6 is 0 Å². The van der Waals surface area contributed by atoms with E-state index in [1.165, 1.54) is 17.7 Å². The molecule has 472 valence electrons. The third-order valence-corrected chi connectivity index (χ3v) is 21.6. The number of piperidine rings is 1. The molecule has 0 bridgehead atoms. The van der Waals surface area contributed by atoms with Gasteiger partial charge in [-0.3, -0.25) is 24.7 Å². The molecule has 2 saturated carbocycles. The predicted octanol–water partition coefficient (Wildman–Crippen LogP) is 9.28. The summed E-state index contributed by atoms with van der Waals surface area (Å²) < 4.78 is 62.1. The first-order chi connectivity index (χ1) is 43.0. The van der Waals surface area contributed by atoms with Crippen molar-refractivity contribution in [2.45, 2.75) is 132 Å². The second-order valence-electron chi connectivity index (χ2n) is 26.4. The van der Waals surface area contributed by atoms with Crippen LogP contribution in [0.3, 0.4) is 0 Å². The van der Waals surface area contributed by atoms with Gasteiger partial charge in [-0.15, -0.1) is 0 Å². The summed E-state index contributed by atoms with van der Waals surface area (Å²) in [4.78, 5) is 51.6. The Morgan fingerprint density at radius 2 is 1.67 bits per heavy atom. The van der Waals surface area contributed by atoms with Crippen molar-refractivity contribution < 1.29 is 46.9 Å². The number of nitro benzene ring substituents is 1. The number of pyridine rings is 2. The molecular weight excluding hydrogens is 1150 g/mol. The fraction of sp³-hybridized carbons (Fsp3) is 0.530. The van der Waals surface area contributed by atoms with E-state index in [1.807, 2.05) is 37.4 Å². The maximum atomic E-state index is 14.9. The van der Waals surface area contributed by atoms with Crippen LogP contribution in [0.4, 0.5) is 34.3 Å². The first-order valence-electron chi connectivity index (χ1n) is 32.0. The molecule has 4 atom stereocenters. The molecule has 89 heavy (non-hydrogen) atoms. The zero-order chi connectivity index (χ0) is 61.2. The van der Waals surface area contributed by atoms with E-state index < -0.39 is 43.1 Å². The Bertz CT molecular complexity index is 3720. The van der Waals surface area contributed by atoms with Crippen molar-refractivity contribution in [3.05, 3.63) is 118 Å². The number of nitrogens with one attached hydrogen (secondary N) is 3. The highest BCUT2D eigenvalue weighted by Crippen LogP contribution is 2.55. The number of morpholine rings is 1. The van der Waals surface area contributed by atoms with Gasteiger partial charge in [-0.1, -0.05) is 18.2 Å². The third-order valence-electron chi connectivity index (χ3n) is 20.3. The average Bonchev–Trinajstić information content (AvgIpc) is 1.47. The molecule has 9 heterocycles. The number of fused-ring (bicyclic) bond motifs is 4. The lowest BCUT2D eigenvalue weighted by molar-refractivity contribution is -0.384. The summed E-state index contributed by atoms with van der Waals surface area (Å²) in [6.45, 7) is 15.1. The molecule has 6 fully saturated rings. The van der Waals surface area contributed by atoms with Gasteiger partial charge in [-0.25, -0.2) is 18.1 Å². The van der Waals surface area contributed by atoms with Gasteiger partial charge in [0.25, 0.3) is 21.6 Å². The fourth-order valence-electron chi connectivity index (χ4n) is 15.4. The van der Waals surface area contributed by atoms with Crippen molar-refractivity contribution in [3.8, 4) is 17.4 Å². The maximum absolute atomic E-state index is 14.9. The summed E-state index contributed by atoms with van der Waals surface area (Å²) in [7, 11) is -4.66. The molecule has 8 aliphatic rings. The van der Waals surface area contributed by atoms with Crippen molar-refractivity contribution >= 4 is 61.2 Å². The lowest BCUT2D eigenvalue weighted by Crippen LogP contribution is -2.60. The predicted molar refractivity (Wildman–Crippen MR) is 337 cm³/mol. The molecular formula is C66H81N11O11S. The van der Waals surface area contributed by atoms with Gasteiger partial charge in [-0.05, 0) is 138 Å². The third kappa shape index (κ3) is 11.9. The number of aromatic amines is 1. The summed E-state index contributed by atoms with van der Waals surface area (Å²) in [5, 5.41) is 26.9. The Morgan fingerprint density at radius 1 is 0.865 bits per heavy atom. The molecule has 4 saturated heterocycles. The zero-order valence-corrected chi connectivity index (χ0v) is 51.8. The second-order valence-corrected chi connectivity index (χ2v) is 28.1. The number of carbonyl (C=O) groups is 1. The zero-order valence-electron chi connectivity index (χ0n) is 51.0. The van der Waals surface area contributed by atoms with Gasteiger partial charge in [0, 0.05) is 124 Å². The van der Waals surface area contributed by atoms with Gasteiger partial charge in [-0.2, -0.15) is 4.98 Å². The highest BCUT2D eigenvalue weighted by Gasteiger charge is 2.51. The highest BCUT2D eigenvalue weighted by atomic mass is 32.2. The maximum Gasteiger partial charge on any atom is 0.293 e. The molecule has 1 amide bonds. The number of hydrogen-bond acceptors (Lipinski definition) is 19. The molecule has 6 aromatic rings. The quantitative estimate of drug-likeness (QED) is 0.0553. The number of benzene rings is 3. The number of aliphatic hydroxyl groups is 1. The van der Waals surface area contributed by atoms with E-state index in [2.05, 4.69) is 89.9 Å². The molecule has 0 unspecified atom stereocenters. The minimum Gasteiger partial charge on any atom is -0.493 e. The number of H-pyrrole nitrogens is 1. The number of anilines is 5. The van der Waals surface area contributed by atoms with Gasteiger partial charge >= 0.3 is 0 Å². The molecule has 22 nitrogen and oxygen atoms in total. The molecule has 3 aromatic heterocycles. The van der Waals surface area contributed by atoms with Crippen LogP contribution in [-0.4, -0.2) is 164 Å². The summed E-state index contributed by atoms with van der Waals surface area (Å²) in [5.74, 6) is 2.46. The van der Waals surface area contributed by atoms with Crippen LogP contribution in [0.2, 0.25) is 0 Å². The summed E-state index contributed by atoms with van der Waals surface area (Å²) in [6, 6.07) is 24.3. The highest BCUT2D eigenvalue weighted by molar-refractivity contribution is 7.90. The van der Waals surface area contributed by atoms with Crippen molar-refractivity contribution in [2.24, 2.45) is 11.3 Å². The minimum absolute atomic E-state index is 0.0240. The molecule has 6 aliphatic heterocycles. The van der Waals surface area contributed by atoms with E-state index >= 15 is 0 Å². The molecule has 4 N–H and O–H groups in total. The normalized spacial score (nSPS) is 25.7. The number of piperazine rings is 1. The lowest BCUT2D eigenvalue weighted by atomic mass is 9.59. The Hall–Kier alpha value is -7.28. The Balaban J connectivity index is 0.715. The van der Waals surface area contributed by atoms with Crippen molar-refractivity contribution in [2.75, 3.05) is 105 Å². The van der Waals surface area contributed by atoms with Crippen LogP contribution in [0.5, 0.6) is 17.4 Å². The molecule has 3 aromatic carbocycles. The van der Waals surface area contributed by atoms with Crippen molar-refractivity contribution in [1.82, 2.24) is 29.5 Å². The number of para-hydroxylation sites is 1. The van der Waals surface area contributed by atoms with Gasteiger partial charge in [0.2, 0.25) is 5.88 Å². The van der Waals surface area contributed by atoms with E-state index in [0.717, 1.165) is 131 Å². The Kier molecular flexibility index (Phi) is 16.1. The van der Waals surface area contributed by atoms with Gasteiger partial charge in [0.1, 0.15) is 40.4 Å². The lowest BCUT2D eigenvalue weighted by Gasteiger charge is -2.58. The average molecular weight is 1240 g/mol.